The van der Waals surface area contributed by atoms with Crippen LogP contribution >= 0.6 is 0 Å². The van der Waals surface area contributed by atoms with Crippen LogP contribution in [0.5, 0.6) is 0 Å². The summed E-state index contributed by atoms with van der Waals surface area (Å²) in [4.78, 5) is 21.2. The molecule has 0 saturated carbocycles. The maximum Gasteiger partial charge on any atom is 0.416 e. The maximum absolute atomic E-state index is 12.5. The Kier molecular flexibility index (Phi) is 5.74. The number of terminal acetylenes is 1. The molecule has 1 aromatic carbocycles. The predicted molar refractivity (Wildman–Crippen MR) is 73.0 cm³/mol. The average Bonchev–Trinajstić information content (AvgIpc) is 2.44. The van der Waals surface area contributed by atoms with Gasteiger partial charge in [0.25, 0.3) is 5.69 Å². The SMILES string of the molecule is C#CCNC(=O)CCNc1ccc(C(F)(F)F)cc1[N+](=O)[O-]. The Labute approximate surface area is 123 Å². The maximum atomic E-state index is 12.5. The fourth-order valence-electron chi connectivity index (χ4n) is 1.56. The number of hydrogen-bond donors (Lipinski definition) is 2. The Morgan fingerprint density at radius 2 is 2.09 bits per heavy atom. The summed E-state index contributed by atoms with van der Waals surface area (Å²) in [7, 11) is 0. The number of rotatable bonds is 6. The van der Waals surface area contributed by atoms with Gasteiger partial charge < -0.3 is 10.6 Å². The zero-order valence-corrected chi connectivity index (χ0v) is 11.2. The van der Waals surface area contributed by atoms with Gasteiger partial charge >= 0.3 is 6.18 Å². The second-order valence-electron chi connectivity index (χ2n) is 4.14. The summed E-state index contributed by atoms with van der Waals surface area (Å²) in [5.74, 6) is 1.83. The van der Waals surface area contributed by atoms with Gasteiger partial charge in [0.2, 0.25) is 5.91 Å². The number of alkyl halides is 3. The topological polar surface area (TPSA) is 84.3 Å². The number of nitro benzene ring substituents is 1. The molecule has 0 bridgehead atoms. The van der Waals surface area contributed by atoms with Gasteiger partial charge in [-0.05, 0) is 12.1 Å². The molecule has 0 atom stereocenters. The Bertz CT molecular complexity index is 609. The Morgan fingerprint density at radius 3 is 2.64 bits per heavy atom. The number of benzene rings is 1. The third kappa shape index (κ3) is 4.97. The largest absolute Gasteiger partial charge is 0.416 e. The molecule has 0 saturated heterocycles. The van der Waals surface area contributed by atoms with Gasteiger partial charge in [-0.2, -0.15) is 13.2 Å². The first-order valence-electron chi connectivity index (χ1n) is 6.05. The fraction of sp³-hybridized carbons (Fsp3) is 0.308. The van der Waals surface area contributed by atoms with E-state index in [1.165, 1.54) is 0 Å². The van der Waals surface area contributed by atoms with Gasteiger partial charge in [0, 0.05) is 19.0 Å². The summed E-state index contributed by atoms with van der Waals surface area (Å²) in [5.41, 5.74) is -1.92. The van der Waals surface area contributed by atoms with Gasteiger partial charge in [0.05, 0.1) is 17.0 Å². The van der Waals surface area contributed by atoms with Gasteiger partial charge in [-0.15, -0.1) is 6.42 Å². The molecule has 0 heterocycles. The highest BCUT2D eigenvalue weighted by molar-refractivity contribution is 5.77. The van der Waals surface area contributed by atoms with E-state index in [0.717, 1.165) is 12.1 Å². The molecule has 6 nitrogen and oxygen atoms in total. The van der Waals surface area contributed by atoms with Gasteiger partial charge in [0.1, 0.15) is 5.69 Å². The van der Waals surface area contributed by atoms with Crippen LogP contribution < -0.4 is 10.6 Å². The van der Waals surface area contributed by atoms with Crippen molar-refractivity contribution in [3.8, 4) is 12.3 Å². The van der Waals surface area contributed by atoms with Crippen LogP contribution in [0.3, 0.4) is 0 Å². The Hall–Kier alpha value is -2.76. The number of nitrogens with zero attached hydrogens (tertiary/aromatic N) is 1. The van der Waals surface area contributed by atoms with E-state index in [-0.39, 0.29) is 31.1 Å². The summed E-state index contributed by atoms with van der Waals surface area (Å²) in [6, 6.07) is 2.13. The summed E-state index contributed by atoms with van der Waals surface area (Å²) < 4.78 is 37.6. The van der Waals surface area contributed by atoms with E-state index >= 15 is 0 Å². The quantitative estimate of drug-likeness (QED) is 0.479. The molecule has 0 aliphatic rings. The van der Waals surface area contributed by atoms with E-state index in [1.54, 1.807) is 0 Å². The minimum absolute atomic E-state index is 0.0165. The number of carbonyl (C=O) groups excluding carboxylic acids is 1. The van der Waals surface area contributed by atoms with Crippen molar-refractivity contribution >= 4 is 17.3 Å². The summed E-state index contributed by atoms with van der Waals surface area (Å²) in [6.45, 7) is 0.0713. The van der Waals surface area contributed by atoms with Crippen LogP contribution in [-0.4, -0.2) is 23.9 Å². The molecular weight excluding hydrogens is 303 g/mol. The normalized spacial score (nSPS) is 10.6. The number of halogens is 3. The van der Waals surface area contributed by atoms with Crippen LogP contribution in [0.15, 0.2) is 18.2 Å². The van der Waals surface area contributed by atoms with E-state index < -0.39 is 22.4 Å². The van der Waals surface area contributed by atoms with Crippen LogP contribution in [0.25, 0.3) is 0 Å². The first-order chi connectivity index (χ1) is 10.3. The van der Waals surface area contributed by atoms with Crippen molar-refractivity contribution in [1.29, 1.82) is 0 Å². The molecule has 118 valence electrons. The third-order valence-corrected chi connectivity index (χ3v) is 2.58. The van der Waals surface area contributed by atoms with Crippen LogP contribution in [0.4, 0.5) is 24.5 Å². The van der Waals surface area contributed by atoms with Crippen LogP contribution in [0.2, 0.25) is 0 Å². The third-order valence-electron chi connectivity index (χ3n) is 2.58. The molecule has 2 N–H and O–H groups in total. The fourth-order valence-corrected chi connectivity index (χ4v) is 1.56. The molecule has 0 fully saturated rings. The van der Waals surface area contributed by atoms with Gasteiger partial charge in [-0.25, -0.2) is 0 Å². The zero-order valence-electron chi connectivity index (χ0n) is 11.2. The number of carbonyl (C=O) groups is 1. The standard InChI is InChI=1S/C13H12F3N3O3/c1-2-6-18-12(20)5-7-17-10-4-3-9(13(14,15)16)8-11(10)19(21)22/h1,3-4,8,17H,5-7H2,(H,18,20). The first-order valence-corrected chi connectivity index (χ1v) is 6.05. The number of amides is 1. The highest BCUT2D eigenvalue weighted by Crippen LogP contribution is 2.34. The molecule has 0 radical (unpaired) electrons. The lowest BCUT2D eigenvalue weighted by Gasteiger charge is -2.10. The number of nitro groups is 1. The smallest absolute Gasteiger partial charge is 0.379 e. The highest BCUT2D eigenvalue weighted by Gasteiger charge is 2.32. The van der Waals surface area contributed by atoms with Crippen molar-refractivity contribution in [2.75, 3.05) is 18.4 Å². The minimum atomic E-state index is -4.67. The lowest BCUT2D eigenvalue weighted by Crippen LogP contribution is -2.25. The van der Waals surface area contributed by atoms with E-state index in [9.17, 15) is 28.1 Å². The summed E-state index contributed by atoms with van der Waals surface area (Å²) >= 11 is 0. The number of nitrogens with one attached hydrogen (secondary N) is 2. The van der Waals surface area contributed by atoms with Crippen LogP contribution in [0.1, 0.15) is 12.0 Å². The monoisotopic (exact) mass is 315 g/mol. The van der Waals surface area contributed by atoms with E-state index in [0.29, 0.717) is 6.07 Å². The van der Waals surface area contributed by atoms with Gasteiger partial charge in [-0.3, -0.25) is 14.9 Å². The molecule has 1 amide bonds. The van der Waals surface area contributed by atoms with Crippen molar-refractivity contribution in [2.24, 2.45) is 0 Å². The highest BCUT2D eigenvalue weighted by atomic mass is 19.4. The lowest BCUT2D eigenvalue weighted by atomic mass is 10.1. The second kappa shape index (κ2) is 7.31. The van der Waals surface area contributed by atoms with Crippen LogP contribution in [-0.2, 0) is 11.0 Å². The van der Waals surface area contributed by atoms with E-state index in [2.05, 4.69) is 16.6 Å². The average molecular weight is 315 g/mol. The molecule has 1 aromatic rings. The van der Waals surface area contributed by atoms with Crippen molar-refractivity contribution in [2.45, 2.75) is 12.6 Å². The summed E-state index contributed by atoms with van der Waals surface area (Å²) in [6.07, 6.45) is 0.256. The predicted octanol–water partition coefficient (Wildman–Crippen LogP) is 2.17. The van der Waals surface area contributed by atoms with E-state index in [1.807, 2.05) is 0 Å². The molecule has 0 unspecified atom stereocenters. The van der Waals surface area contributed by atoms with Gasteiger partial charge in [-0.1, -0.05) is 5.92 Å². The Balaban J connectivity index is 2.77. The van der Waals surface area contributed by atoms with Crippen molar-refractivity contribution in [3.63, 3.8) is 0 Å². The molecule has 22 heavy (non-hydrogen) atoms. The summed E-state index contributed by atoms with van der Waals surface area (Å²) in [5, 5.41) is 15.8. The van der Waals surface area contributed by atoms with Crippen LogP contribution in [0, 0.1) is 22.5 Å². The molecule has 0 aromatic heterocycles. The van der Waals surface area contributed by atoms with E-state index in [4.69, 9.17) is 6.42 Å². The number of anilines is 1. The molecule has 1 rings (SSSR count). The second-order valence-corrected chi connectivity index (χ2v) is 4.14. The molecule has 0 aliphatic heterocycles. The lowest BCUT2D eigenvalue weighted by molar-refractivity contribution is -0.384. The van der Waals surface area contributed by atoms with Gasteiger partial charge in [0.15, 0.2) is 0 Å². The molecule has 9 heteroatoms. The molecule has 0 spiro atoms. The molecular formula is C13H12F3N3O3. The molecule has 0 aliphatic carbocycles. The Morgan fingerprint density at radius 1 is 1.41 bits per heavy atom. The van der Waals surface area contributed by atoms with Crippen molar-refractivity contribution in [1.82, 2.24) is 5.32 Å². The van der Waals surface area contributed by atoms with Crippen molar-refractivity contribution in [3.05, 3.63) is 33.9 Å². The minimum Gasteiger partial charge on any atom is -0.379 e. The first kappa shape index (κ1) is 17.3. The van der Waals surface area contributed by atoms with Crippen molar-refractivity contribution < 1.29 is 22.9 Å². The zero-order chi connectivity index (χ0) is 16.8. The number of hydrogen-bond acceptors (Lipinski definition) is 4.